The number of rotatable bonds is 4. The van der Waals surface area contributed by atoms with Gasteiger partial charge in [-0.2, -0.15) is 10.1 Å². The molecular weight excluding hydrogens is 366 g/mol. The van der Waals surface area contributed by atoms with Gasteiger partial charge in [-0.05, 0) is 30.7 Å². The maximum absolute atomic E-state index is 5.83. The Labute approximate surface area is 172 Å². The van der Waals surface area contributed by atoms with E-state index in [1.54, 1.807) is 6.20 Å². The fourth-order valence-electron chi connectivity index (χ4n) is 4.72. The van der Waals surface area contributed by atoms with E-state index in [1.807, 2.05) is 0 Å². The Kier molecular flexibility index (Phi) is 5.33. The minimum atomic E-state index is -0.361. The lowest BCUT2D eigenvalue weighted by Gasteiger charge is -2.38. The molecule has 0 atom stereocenters. The van der Waals surface area contributed by atoms with E-state index in [4.69, 9.17) is 14.5 Å². The topological polar surface area (TPSA) is 63.6 Å². The van der Waals surface area contributed by atoms with E-state index in [-0.39, 0.29) is 5.79 Å². The highest BCUT2D eigenvalue weighted by molar-refractivity contribution is 5.42. The molecule has 0 aliphatic carbocycles. The molecule has 29 heavy (non-hydrogen) atoms. The maximum Gasteiger partial charge on any atom is 0.247 e. The van der Waals surface area contributed by atoms with Gasteiger partial charge in [-0.1, -0.05) is 30.3 Å². The van der Waals surface area contributed by atoms with Gasteiger partial charge in [-0.25, -0.2) is 0 Å². The van der Waals surface area contributed by atoms with Crippen LogP contribution in [-0.4, -0.2) is 60.4 Å². The van der Waals surface area contributed by atoms with E-state index in [1.165, 1.54) is 18.4 Å². The van der Waals surface area contributed by atoms with Crippen LogP contribution in [0.15, 0.2) is 36.5 Å². The fourth-order valence-corrected chi connectivity index (χ4v) is 4.72. The van der Waals surface area contributed by atoms with Crippen molar-refractivity contribution >= 4 is 11.8 Å². The number of piperidine rings is 2. The molecule has 7 heteroatoms. The van der Waals surface area contributed by atoms with Crippen molar-refractivity contribution in [2.24, 2.45) is 5.92 Å². The van der Waals surface area contributed by atoms with Crippen LogP contribution in [0.2, 0.25) is 0 Å². The van der Waals surface area contributed by atoms with E-state index in [0.717, 1.165) is 63.1 Å². The standard InChI is InChI=1S/C22H29N5O2/c1-2-4-18(5-3-1)16-19-6-10-27(11-7-19)21-24-20(17-23-25-21)26-12-8-22(9-13-26)28-14-15-29-22/h1-5,17,19H,6-16H2. The third-order valence-electron chi connectivity index (χ3n) is 6.46. The molecule has 0 unspecified atom stereocenters. The van der Waals surface area contributed by atoms with Crippen molar-refractivity contribution < 1.29 is 9.47 Å². The summed E-state index contributed by atoms with van der Waals surface area (Å²) in [6.45, 7) is 5.15. The quantitative estimate of drug-likeness (QED) is 0.789. The molecule has 3 fully saturated rings. The summed E-state index contributed by atoms with van der Waals surface area (Å²) in [7, 11) is 0. The first-order chi connectivity index (χ1) is 14.3. The van der Waals surface area contributed by atoms with Crippen molar-refractivity contribution in [3.8, 4) is 0 Å². The van der Waals surface area contributed by atoms with Crippen molar-refractivity contribution in [2.45, 2.75) is 37.9 Å². The van der Waals surface area contributed by atoms with Crippen LogP contribution in [0, 0.1) is 5.92 Å². The lowest BCUT2D eigenvalue weighted by atomic mass is 9.90. The minimum Gasteiger partial charge on any atom is -0.355 e. The fraction of sp³-hybridized carbons (Fsp3) is 0.591. The zero-order valence-corrected chi connectivity index (χ0v) is 16.9. The summed E-state index contributed by atoms with van der Waals surface area (Å²) in [5.41, 5.74) is 1.43. The zero-order valence-electron chi connectivity index (χ0n) is 16.9. The second-order valence-electron chi connectivity index (χ2n) is 8.33. The van der Waals surface area contributed by atoms with Crippen molar-refractivity contribution in [3.63, 3.8) is 0 Å². The van der Waals surface area contributed by atoms with Crippen LogP contribution in [0.3, 0.4) is 0 Å². The molecule has 1 aromatic carbocycles. The summed E-state index contributed by atoms with van der Waals surface area (Å²) in [6.07, 6.45) is 7.02. The minimum absolute atomic E-state index is 0.361. The third kappa shape index (κ3) is 4.21. The van der Waals surface area contributed by atoms with Gasteiger partial charge in [0.2, 0.25) is 5.95 Å². The van der Waals surface area contributed by atoms with Crippen LogP contribution < -0.4 is 9.80 Å². The number of benzene rings is 1. The van der Waals surface area contributed by atoms with Crippen LogP contribution in [0.25, 0.3) is 0 Å². The zero-order chi connectivity index (χ0) is 19.5. The molecule has 154 valence electrons. The second-order valence-corrected chi connectivity index (χ2v) is 8.33. The number of aromatic nitrogens is 3. The first-order valence-corrected chi connectivity index (χ1v) is 10.8. The highest BCUT2D eigenvalue weighted by atomic mass is 16.7. The highest BCUT2D eigenvalue weighted by Crippen LogP contribution is 2.33. The number of ether oxygens (including phenoxy) is 2. The van der Waals surface area contributed by atoms with Gasteiger partial charge in [0, 0.05) is 39.0 Å². The Morgan fingerprint density at radius 2 is 1.66 bits per heavy atom. The van der Waals surface area contributed by atoms with E-state index in [9.17, 15) is 0 Å². The number of anilines is 2. The number of hydrogen-bond acceptors (Lipinski definition) is 7. The van der Waals surface area contributed by atoms with Gasteiger partial charge >= 0.3 is 0 Å². The van der Waals surface area contributed by atoms with E-state index >= 15 is 0 Å². The Bertz CT molecular complexity index is 794. The molecule has 0 N–H and O–H groups in total. The molecule has 0 bridgehead atoms. The normalized spacial score (nSPS) is 22.3. The first-order valence-electron chi connectivity index (χ1n) is 10.8. The maximum atomic E-state index is 5.83. The van der Waals surface area contributed by atoms with Gasteiger partial charge in [0.25, 0.3) is 0 Å². The van der Waals surface area contributed by atoms with E-state index < -0.39 is 0 Å². The lowest BCUT2D eigenvalue weighted by molar-refractivity contribution is -0.169. The SMILES string of the molecule is c1ccc(CC2CCN(c3nncc(N4CCC5(CC4)OCCO5)n3)CC2)cc1. The number of hydrogen-bond donors (Lipinski definition) is 0. The largest absolute Gasteiger partial charge is 0.355 e. The van der Waals surface area contributed by atoms with Crippen LogP contribution >= 0.6 is 0 Å². The molecule has 3 saturated heterocycles. The second kappa shape index (κ2) is 8.24. The molecule has 3 aliphatic rings. The Balaban J connectivity index is 1.18. The molecular formula is C22H29N5O2. The summed E-state index contributed by atoms with van der Waals surface area (Å²) in [5.74, 6) is 2.04. The lowest BCUT2D eigenvalue weighted by Crippen LogP contribution is -2.45. The Morgan fingerprint density at radius 3 is 2.38 bits per heavy atom. The number of nitrogens with zero attached hydrogens (tertiary/aromatic N) is 5. The summed E-state index contributed by atoms with van der Waals surface area (Å²) >= 11 is 0. The van der Waals surface area contributed by atoms with Crippen LogP contribution in [0.4, 0.5) is 11.8 Å². The molecule has 5 rings (SSSR count). The van der Waals surface area contributed by atoms with Gasteiger partial charge in [0.1, 0.15) is 0 Å². The third-order valence-corrected chi connectivity index (χ3v) is 6.46. The van der Waals surface area contributed by atoms with E-state index in [2.05, 4.69) is 50.3 Å². The molecule has 0 radical (unpaired) electrons. The van der Waals surface area contributed by atoms with Crippen LogP contribution in [0.1, 0.15) is 31.2 Å². The monoisotopic (exact) mass is 395 g/mol. The summed E-state index contributed by atoms with van der Waals surface area (Å²) < 4.78 is 11.7. The molecule has 1 aromatic heterocycles. The van der Waals surface area contributed by atoms with Crippen molar-refractivity contribution in [1.29, 1.82) is 0 Å². The van der Waals surface area contributed by atoms with E-state index in [0.29, 0.717) is 13.2 Å². The molecule has 1 spiro atoms. The van der Waals surface area contributed by atoms with Crippen molar-refractivity contribution in [2.75, 3.05) is 49.2 Å². The average molecular weight is 396 g/mol. The first kappa shape index (κ1) is 18.8. The Morgan fingerprint density at radius 1 is 0.931 bits per heavy atom. The molecule has 4 heterocycles. The smallest absolute Gasteiger partial charge is 0.247 e. The molecule has 3 aliphatic heterocycles. The predicted octanol–water partition coefficient (Wildman–Crippen LogP) is 2.67. The van der Waals surface area contributed by atoms with Gasteiger partial charge in [0.05, 0.1) is 19.4 Å². The van der Waals surface area contributed by atoms with Crippen molar-refractivity contribution in [1.82, 2.24) is 15.2 Å². The van der Waals surface area contributed by atoms with Gasteiger partial charge in [0.15, 0.2) is 11.6 Å². The summed E-state index contributed by atoms with van der Waals surface area (Å²) in [6, 6.07) is 10.8. The van der Waals surface area contributed by atoms with Gasteiger partial charge < -0.3 is 19.3 Å². The van der Waals surface area contributed by atoms with Crippen molar-refractivity contribution in [3.05, 3.63) is 42.1 Å². The average Bonchev–Trinajstić information content (AvgIpc) is 3.23. The molecule has 7 nitrogen and oxygen atoms in total. The van der Waals surface area contributed by atoms with Gasteiger partial charge in [-0.3, -0.25) is 0 Å². The molecule has 0 saturated carbocycles. The van der Waals surface area contributed by atoms with Crippen LogP contribution in [0.5, 0.6) is 0 Å². The summed E-state index contributed by atoms with van der Waals surface area (Å²) in [4.78, 5) is 9.40. The van der Waals surface area contributed by atoms with Crippen LogP contribution in [-0.2, 0) is 15.9 Å². The molecule has 0 amide bonds. The Hall–Kier alpha value is -2.25. The van der Waals surface area contributed by atoms with Gasteiger partial charge in [-0.15, -0.1) is 5.10 Å². The summed E-state index contributed by atoms with van der Waals surface area (Å²) in [5, 5.41) is 8.58. The molecule has 2 aromatic rings. The highest BCUT2D eigenvalue weighted by Gasteiger charge is 2.40. The predicted molar refractivity (Wildman–Crippen MR) is 111 cm³/mol.